The highest BCUT2D eigenvalue weighted by molar-refractivity contribution is 5.95. The minimum absolute atomic E-state index is 0.165. The van der Waals surface area contributed by atoms with E-state index in [1.807, 2.05) is 35.2 Å². The topological polar surface area (TPSA) is 82.1 Å². The normalized spacial score (nSPS) is 21.8. The number of rotatable bonds is 4. The predicted octanol–water partition coefficient (Wildman–Crippen LogP) is 3.49. The van der Waals surface area contributed by atoms with Crippen LogP contribution in [0.3, 0.4) is 0 Å². The molecule has 0 spiro atoms. The summed E-state index contributed by atoms with van der Waals surface area (Å²) in [4.78, 5) is 28.5. The van der Waals surface area contributed by atoms with Crippen LogP contribution in [0.2, 0.25) is 0 Å². The van der Waals surface area contributed by atoms with Gasteiger partial charge in [-0.25, -0.2) is 9.18 Å². The maximum absolute atomic E-state index is 13.3. The fourth-order valence-electron chi connectivity index (χ4n) is 4.33. The van der Waals surface area contributed by atoms with Crippen molar-refractivity contribution in [2.24, 2.45) is 5.92 Å². The molecule has 0 aromatic heterocycles. The van der Waals surface area contributed by atoms with E-state index in [9.17, 15) is 19.1 Å². The third kappa shape index (κ3) is 5.02. The number of amides is 3. The molecule has 4 rings (SSSR count). The lowest BCUT2D eigenvalue weighted by atomic mass is 9.89. The molecule has 170 valence electrons. The van der Waals surface area contributed by atoms with Crippen molar-refractivity contribution >= 4 is 17.6 Å². The zero-order chi connectivity index (χ0) is 22.5. The largest absolute Gasteiger partial charge is 0.466 e. The first-order chi connectivity index (χ1) is 15.5. The van der Waals surface area contributed by atoms with Crippen LogP contribution in [0.1, 0.15) is 32.1 Å². The summed E-state index contributed by atoms with van der Waals surface area (Å²) in [6.07, 6.45) is 2.36. The lowest BCUT2D eigenvalue weighted by Gasteiger charge is -2.45. The summed E-state index contributed by atoms with van der Waals surface area (Å²) in [5.74, 6) is -0.495. The Hall–Kier alpha value is -3.13. The van der Waals surface area contributed by atoms with Crippen molar-refractivity contribution in [3.8, 4) is 5.75 Å². The number of ether oxygens (including phenoxy) is 1. The predicted molar refractivity (Wildman–Crippen MR) is 117 cm³/mol. The lowest BCUT2D eigenvalue weighted by molar-refractivity contribution is -0.125. The highest BCUT2D eigenvalue weighted by atomic mass is 19.1. The number of aliphatic hydroxyl groups excluding tert-OH is 1. The van der Waals surface area contributed by atoms with Crippen LogP contribution >= 0.6 is 0 Å². The van der Waals surface area contributed by atoms with Crippen LogP contribution in [0.15, 0.2) is 54.6 Å². The molecule has 2 fully saturated rings. The number of nitrogens with one attached hydrogen (secondary N) is 1. The summed E-state index contributed by atoms with van der Waals surface area (Å²) in [7, 11) is 0. The Morgan fingerprint density at radius 2 is 1.66 bits per heavy atom. The number of hydrogen-bond acceptors (Lipinski definition) is 5. The number of benzene rings is 2. The smallest absolute Gasteiger partial charge is 0.326 e. The second-order valence-corrected chi connectivity index (χ2v) is 8.23. The number of urea groups is 1. The van der Waals surface area contributed by atoms with E-state index in [-0.39, 0.29) is 18.4 Å². The second kappa shape index (κ2) is 9.99. The molecule has 7 nitrogen and oxygen atoms in total. The van der Waals surface area contributed by atoms with E-state index in [0.29, 0.717) is 12.3 Å². The Morgan fingerprint density at radius 3 is 2.34 bits per heavy atom. The Balaban J connectivity index is 1.51. The molecule has 2 unspecified atom stereocenters. The highest BCUT2D eigenvalue weighted by Gasteiger charge is 2.40. The summed E-state index contributed by atoms with van der Waals surface area (Å²) in [5, 5.41) is 13.5. The van der Waals surface area contributed by atoms with Gasteiger partial charge in [0.05, 0.1) is 0 Å². The van der Waals surface area contributed by atoms with Gasteiger partial charge in [0, 0.05) is 24.7 Å². The summed E-state index contributed by atoms with van der Waals surface area (Å²) < 4.78 is 19.3. The fourth-order valence-corrected chi connectivity index (χ4v) is 4.33. The number of anilines is 1. The van der Waals surface area contributed by atoms with Crippen LogP contribution in [-0.4, -0.2) is 47.5 Å². The highest BCUT2D eigenvalue weighted by Crippen LogP contribution is 2.27. The maximum Gasteiger partial charge on any atom is 0.326 e. The van der Waals surface area contributed by atoms with Crippen LogP contribution in [-0.2, 0) is 4.79 Å². The van der Waals surface area contributed by atoms with Gasteiger partial charge in [-0.05, 0) is 49.2 Å². The number of para-hydroxylation sites is 1. The molecule has 0 radical (unpaired) electrons. The number of aliphatic hydroxyl groups is 1. The van der Waals surface area contributed by atoms with Gasteiger partial charge in [-0.3, -0.25) is 15.0 Å². The molecule has 8 heteroatoms. The fraction of sp³-hybridized carbons (Fsp3) is 0.417. The summed E-state index contributed by atoms with van der Waals surface area (Å²) in [6.45, 7) is 0.598. The second-order valence-electron chi connectivity index (χ2n) is 8.23. The zero-order valence-electron chi connectivity index (χ0n) is 17.8. The molecule has 1 saturated heterocycles. The van der Waals surface area contributed by atoms with E-state index < -0.39 is 24.3 Å². The van der Waals surface area contributed by atoms with Gasteiger partial charge in [-0.2, -0.15) is 0 Å². The summed E-state index contributed by atoms with van der Waals surface area (Å²) in [6, 6.07) is 14.2. The van der Waals surface area contributed by atoms with E-state index in [1.165, 1.54) is 29.2 Å². The third-order valence-electron chi connectivity index (χ3n) is 6.09. The van der Waals surface area contributed by atoms with E-state index in [1.54, 1.807) is 0 Å². The van der Waals surface area contributed by atoms with Gasteiger partial charge in [0.1, 0.15) is 11.6 Å². The minimum atomic E-state index is -1.34. The monoisotopic (exact) mass is 441 g/mol. The molecule has 2 aromatic carbocycles. The van der Waals surface area contributed by atoms with E-state index in [4.69, 9.17) is 4.74 Å². The standard InChI is InChI=1S/C24H28FN3O4/c25-18-11-13-20(14-12-18)32-23-22(30)28(16-15-27(23)19-9-5-2-6-10-19)24(31)26-21(29)17-7-3-1-4-8-17/h2,5-6,9-14,17,22-23,30H,1,3-4,7-8,15-16H2,(H,26,29,31). The molecule has 3 amide bonds. The van der Waals surface area contributed by atoms with Gasteiger partial charge in [-0.1, -0.05) is 37.5 Å². The van der Waals surface area contributed by atoms with Gasteiger partial charge in [0.2, 0.25) is 12.1 Å². The van der Waals surface area contributed by atoms with E-state index in [2.05, 4.69) is 5.32 Å². The number of halogens is 1. The SMILES string of the molecule is O=C(NC(=O)N1CCN(c2ccccc2)C(Oc2ccc(F)cc2)C1O)C1CCCCC1. The number of imide groups is 1. The Labute approximate surface area is 186 Å². The van der Waals surface area contributed by atoms with Crippen LogP contribution < -0.4 is 15.0 Å². The molecule has 1 aliphatic heterocycles. The van der Waals surface area contributed by atoms with Gasteiger partial charge >= 0.3 is 6.03 Å². The van der Waals surface area contributed by atoms with Gasteiger partial charge in [0.25, 0.3) is 0 Å². The van der Waals surface area contributed by atoms with Crippen molar-refractivity contribution in [1.82, 2.24) is 10.2 Å². The minimum Gasteiger partial charge on any atom is -0.466 e. The number of carbonyl (C=O) groups excluding carboxylic acids is 2. The molecule has 32 heavy (non-hydrogen) atoms. The number of piperazine rings is 1. The van der Waals surface area contributed by atoms with Crippen molar-refractivity contribution in [1.29, 1.82) is 0 Å². The van der Waals surface area contributed by atoms with Crippen molar-refractivity contribution in [3.63, 3.8) is 0 Å². The van der Waals surface area contributed by atoms with Gasteiger partial charge in [-0.15, -0.1) is 0 Å². The van der Waals surface area contributed by atoms with Gasteiger partial charge < -0.3 is 14.7 Å². The van der Waals surface area contributed by atoms with E-state index in [0.717, 1.165) is 37.8 Å². The van der Waals surface area contributed by atoms with Crippen molar-refractivity contribution in [2.45, 2.75) is 44.6 Å². The van der Waals surface area contributed by atoms with Crippen molar-refractivity contribution in [2.75, 3.05) is 18.0 Å². The first-order valence-electron chi connectivity index (χ1n) is 11.1. The maximum atomic E-state index is 13.3. The van der Waals surface area contributed by atoms with Crippen LogP contribution in [0.25, 0.3) is 0 Å². The zero-order valence-corrected chi connectivity index (χ0v) is 17.8. The quantitative estimate of drug-likeness (QED) is 0.759. The number of carbonyl (C=O) groups is 2. The van der Waals surface area contributed by atoms with Crippen LogP contribution in [0.4, 0.5) is 14.9 Å². The summed E-state index contributed by atoms with van der Waals surface area (Å²) >= 11 is 0. The first-order valence-corrected chi connectivity index (χ1v) is 11.1. The Morgan fingerprint density at radius 1 is 0.969 bits per heavy atom. The van der Waals surface area contributed by atoms with Crippen LogP contribution in [0, 0.1) is 11.7 Å². The Kier molecular flexibility index (Phi) is 6.90. The molecular formula is C24H28FN3O4. The lowest BCUT2D eigenvalue weighted by Crippen LogP contribution is -2.65. The number of nitrogens with zero attached hydrogens (tertiary/aromatic N) is 2. The van der Waals surface area contributed by atoms with Crippen molar-refractivity contribution in [3.05, 3.63) is 60.4 Å². The van der Waals surface area contributed by atoms with Crippen molar-refractivity contribution < 1.29 is 23.8 Å². The van der Waals surface area contributed by atoms with Gasteiger partial charge in [0.15, 0.2) is 6.23 Å². The molecule has 1 heterocycles. The molecule has 2 aromatic rings. The molecule has 1 aliphatic carbocycles. The average Bonchev–Trinajstić information content (AvgIpc) is 2.82. The molecule has 1 saturated carbocycles. The van der Waals surface area contributed by atoms with Crippen LogP contribution in [0.5, 0.6) is 5.75 Å². The third-order valence-corrected chi connectivity index (χ3v) is 6.09. The molecular weight excluding hydrogens is 413 g/mol. The van der Waals surface area contributed by atoms with E-state index >= 15 is 0 Å². The molecule has 0 bridgehead atoms. The number of hydrogen-bond donors (Lipinski definition) is 2. The molecule has 2 aliphatic rings. The summed E-state index contributed by atoms with van der Waals surface area (Å²) in [5.41, 5.74) is 0.817. The molecule has 2 atom stereocenters. The molecule has 2 N–H and O–H groups in total. The first kappa shape index (κ1) is 22.1. The Bertz CT molecular complexity index is 919. The average molecular weight is 442 g/mol.